The molecule has 0 atom stereocenters. The molecule has 0 radical (unpaired) electrons. The molecule has 0 unspecified atom stereocenters. The summed E-state index contributed by atoms with van der Waals surface area (Å²) >= 11 is 0. The standard InChI is InChI=1S/C18H21NO6S/c1-11-6-7-17(12(2)8-11)26(21,22)19-14-10-16(24-4)15(23-3)9-13(14)18(20)25-5/h6-10,19H,1-5H3. The van der Waals surface area contributed by atoms with Crippen LogP contribution in [-0.4, -0.2) is 35.7 Å². The van der Waals surface area contributed by atoms with E-state index in [0.29, 0.717) is 5.56 Å². The highest BCUT2D eigenvalue weighted by Crippen LogP contribution is 2.35. The van der Waals surface area contributed by atoms with Crippen LogP contribution in [0, 0.1) is 13.8 Å². The molecule has 0 aliphatic carbocycles. The van der Waals surface area contributed by atoms with Crippen LogP contribution in [0.4, 0.5) is 5.69 Å². The van der Waals surface area contributed by atoms with Crippen LogP contribution in [-0.2, 0) is 14.8 Å². The van der Waals surface area contributed by atoms with Crippen LogP contribution in [0.15, 0.2) is 35.2 Å². The zero-order chi connectivity index (χ0) is 19.5. The summed E-state index contributed by atoms with van der Waals surface area (Å²) in [6.07, 6.45) is 0. The summed E-state index contributed by atoms with van der Waals surface area (Å²) in [6, 6.07) is 7.74. The number of benzene rings is 2. The van der Waals surface area contributed by atoms with E-state index in [1.165, 1.54) is 39.5 Å². The van der Waals surface area contributed by atoms with E-state index < -0.39 is 16.0 Å². The van der Waals surface area contributed by atoms with Gasteiger partial charge in [-0.05, 0) is 25.5 Å². The molecule has 0 spiro atoms. The third kappa shape index (κ3) is 3.91. The second-order valence-corrected chi connectivity index (χ2v) is 7.27. The Kier molecular flexibility index (Phi) is 5.76. The fourth-order valence-corrected chi connectivity index (χ4v) is 3.84. The quantitative estimate of drug-likeness (QED) is 0.776. The van der Waals surface area contributed by atoms with E-state index in [1.807, 2.05) is 6.92 Å². The summed E-state index contributed by atoms with van der Waals surface area (Å²) in [4.78, 5) is 12.2. The number of sulfonamides is 1. The van der Waals surface area contributed by atoms with Crippen LogP contribution < -0.4 is 14.2 Å². The predicted molar refractivity (Wildman–Crippen MR) is 97.6 cm³/mol. The van der Waals surface area contributed by atoms with E-state index in [2.05, 4.69) is 4.72 Å². The molecule has 140 valence electrons. The van der Waals surface area contributed by atoms with Gasteiger partial charge in [0, 0.05) is 12.1 Å². The van der Waals surface area contributed by atoms with Gasteiger partial charge in [-0.25, -0.2) is 13.2 Å². The topological polar surface area (TPSA) is 90.9 Å². The van der Waals surface area contributed by atoms with Crippen LogP contribution in [0.3, 0.4) is 0 Å². The number of ether oxygens (including phenoxy) is 3. The molecule has 0 aromatic heterocycles. The molecule has 0 bridgehead atoms. The van der Waals surface area contributed by atoms with Crippen molar-refractivity contribution in [2.45, 2.75) is 18.7 Å². The molecule has 0 fully saturated rings. The van der Waals surface area contributed by atoms with Gasteiger partial charge in [0.2, 0.25) is 0 Å². The number of esters is 1. The fourth-order valence-electron chi connectivity index (χ4n) is 2.54. The maximum atomic E-state index is 12.8. The molecule has 7 nitrogen and oxygen atoms in total. The Morgan fingerprint density at radius 3 is 2.12 bits per heavy atom. The van der Waals surface area contributed by atoms with Gasteiger partial charge in [0.05, 0.1) is 37.5 Å². The first-order valence-corrected chi connectivity index (χ1v) is 9.16. The molecule has 26 heavy (non-hydrogen) atoms. The van der Waals surface area contributed by atoms with E-state index in [-0.39, 0.29) is 27.6 Å². The van der Waals surface area contributed by atoms with Gasteiger partial charge in [-0.15, -0.1) is 0 Å². The molecule has 0 amide bonds. The minimum Gasteiger partial charge on any atom is -0.493 e. The van der Waals surface area contributed by atoms with Crippen molar-refractivity contribution in [3.05, 3.63) is 47.0 Å². The van der Waals surface area contributed by atoms with Gasteiger partial charge < -0.3 is 14.2 Å². The summed E-state index contributed by atoms with van der Waals surface area (Å²) in [5.74, 6) is -0.148. The molecule has 2 aromatic rings. The van der Waals surface area contributed by atoms with Gasteiger partial charge in [0.25, 0.3) is 10.0 Å². The molecule has 0 saturated carbocycles. The minimum atomic E-state index is -3.92. The molecule has 0 saturated heterocycles. The molecule has 2 rings (SSSR count). The SMILES string of the molecule is COC(=O)c1cc(OC)c(OC)cc1NS(=O)(=O)c1ccc(C)cc1C. The summed E-state index contributed by atoms with van der Waals surface area (Å²) in [6.45, 7) is 3.58. The molecular weight excluding hydrogens is 358 g/mol. The smallest absolute Gasteiger partial charge is 0.340 e. The van der Waals surface area contributed by atoms with Crippen LogP contribution in [0.1, 0.15) is 21.5 Å². The number of carbonyl (C=O) groups is 1. The lowest BCUT2D eigenvalue weighted by Crippen LogP contribution is -2.17. The lowest BCUT2D eigenvalue weighted by Gasteiger charge is -2.16. The predicted octanol–water partition coefficient (Wildman–Crippen LogP) is 2.91. The number of carbonyl (C=O) groups excluding carboxylic acids is 1. The Labute approximate surface area is 152 Å². The van der Waals surface area contributed by atoms with Crippen LogP contribution in [0.25, 0.3) is 0 Å². The highest BCUT2D eigenvalue weighted by atomic mass is 32.2. The summed E-state index contributed by atoms with van der Waals surface area (Å²) < 4.78 is 43.2. The zero-order valence-electron chi connectivity index (χ0n) is 15.2. The van der Waals surface area contributed by atoms with Crippen molar-refractivity contribution in [2.75, 3.05) is 26.1 Å². The van der Waals surface area contributed by atoms with Gasteiger partial charge in [-0.1, -0.05) is 17.7 Å². The number of methoxy groups -OCH3 is 3. The van der Waals surface area contributed by atoms with Crippen molar-refractivity contribution in [3.8, 4) is 11.5 Å². The third-order valence-electron chi connectivity index (χ3n) is 3.79. The van der Waals surface area contributed by atoms with Gasteiger partial charge >= 0.3 is 5.97 Å². The largest absolute Gasteiger partial charge is 0.493 e. The minimum absolute atomic E-state index is 0.0125. The van der Waals surface area contributed by atoms with Gasteiger partial charge in [-0.2, -0.15) is 0 Å². The number of hydrogen-bond acceptors (Lipinski definition) is 6. The van der Waals surface area contributed by atoms with Crippen LogP contribution in [0.5, 0.6) is 11.5 Å². The number of anilines is 1. The van der Waals surface area contributed by atoms with Crippen LogP contribution >= 0.6 is 0 Å². The summed E-state index contributed by atoms with van der Waals surface area (Å²) in [7, 11) is 0.116. The molecule has 2 aromatic carbocycles. The fraction of sp³-hybridized carbons (Fsp3) is 0.278. The molecule has 8 heteroatoms. The van der Waals surface area contributed by atoms with Crippen molar-refractivity contribution in [3.63, 3.8) is 0 Å². The lowest BCUT2D eigenvalue weighted by molar-refractivity contribution is 0.0601. The second-order valence-electron chi connectivity index (χ2n) is 5.62. The van der Waals surface area contributed by atoms with E-state index in [9.17, 15) is 13.2 Å². The summed E-state index contributed by atoms with van der Waals surface area (Å²) in [5.41, 5.74) is 1.59. The van der Waals surface area contributed by atoms with Crippen molar-refractivity contribution >= 4 is 21.7 Å². The average molecular weight is 379 g/mol. The third-order valence-corrected chi connectivity index (χ3v) is 5.32. The zero-order valence-corrected chi connectivity index (χ0v) is 16.1. The van der Waals surface area contributed by atoms with E-state index >= 15 is 0 Å². The number of aryl methyl sites for hydroxylation is 2. The molecule has 1 N–H and O–H groups in total. The van der Waals surface area contributed by atoms with Crippen molar-refractivity contribution in [1.82, 2.24) is 0 Å². The van der Waals surface area contributed by atoms with E-state index in [4.69, 9.17) is 14.2 Å². The van der Waals surface area contributed by atoms with E-state index in [0.717, 1.165) is 5.56 Å². The highest BCUT2D eigenvalue weighted by Gasteiger charge is 2.23. The van der Waals surface area contributed by atoms with Gasteiger partial charge in [0.1, 0.15) is 0 Å². The highest BCUT2D eigenvalue weighted by molar-refractivity contribution is 7.92. The monoisotopic (exact) mass is 379 g/mol. The van der Waals surface area contributed by atoms with Crippen molar-refractivity contribution < 1.29 is 27.4 Å². The second kappa shape index (κ2) is 7.65. The first-order valence-electron chi connectivity index (χ1n) is 7.68. The molecule has 0 aliphatic rings. The molecule has 0 aliphatic heterocycles. The maximum absolute atomic E-state index is 12.8. The summed E-state index contributed by atoms with van der Waals surface area (Å²) in [5, 5.41) is 0. The number of rotatable bonds is 6. The number of hydrogen-bond donors (Lipinski definition) is 1. The maximum Gasteiger partial charge on any atom is 0.340 e. The van der Waals surface area contributed by atoms with E-state index in [1.54, 1.807) is 19.1 Å². The number of nitrogens with one attached hydrogen (secondary N) is 1. The Bertz CT molecular complexity index is 937. The van der Waals surface area contributed by atoms with Gasteiger partial charge in [0.15, 0.2) is 11.5 Å². The first kappa shape index (κ1) is 19.6. The van der Waals surface area contributed by atoms with Crippen molar-refractivity contribution in [1.29, 1.82) is 0 Å². The van der Waals surface area contributed by atoms with Gasteiger partial charge in [-0.3, -0.25) is 4.72 Å². The average Bonchev–Trinajstić information content (AvgIpc) is 2.59. The Morgan fingerprint density at radius 1 is 0.962 bits per heavy atom. The lowest BCUT2D eigenvalue weighted by atomic mass is 10.1. The Balaban J connectivity index is 2.58. The van der Waals surface area contributed by atoms with Crippen molar-refractivity contribution in [2.24, 2.45) is 0 Å². The molecular formula is C18H21NO6S. The Morgan fingerprint density at radius 2 is 1.58 bits per heavy atom. The molecule has 0 heterocycles. The Hall–Kier alpha value is -2.74. The first-order chi connectivity index (χ1) is 12.2. The normalized spacial score (nSPS) is 11.0. The van der Waals surface area contributed by atoms with Crippen LogP contribution in [0.2, 0.25) is 0 Å².